The Morgan fingerprint density at radius 2 is 1.86 bits per heavy atom. The number of rotatable bonds is 8. The third-order valence-corrected chi connectivity index (χ3v) is 4.78. The minimum atomic E-state index is -0.170. The molecule has 0 aliphatic rings. The molecule has 2 N–H and O–H groups in total. The molecule has 6 heteroatoms. The molecule has 2 aromatic carbocycles. The van der Waals surface area contributed by atoms with Gasteiger partial charge in [0.25, 0.3) is 0 Å². The molecule has 0 fully saturated rings. The van der Waals surface area contributed by atoms with Gasteiger partial charge in [0.1, 0.15) is 5.82 Å². The highest BCUT2D eigenvalue weighted by Crippen LogP contribution is 2.13. The maximum atomic E-state index is 12.5. The van der Waals surface area contributed by atoms with Gasteiger partial charge in [-0.25, -0.2) is 9.78 Å². The molecule has 0 saturated heterocycles. The Kier molecular flexibility index (Phi) is 7.03. The van der Waals surface area contributed by atoms with Crippen LogP contribution in [0.5, 0.6) is 0 Å². The zero-order valence-electron chi connectivity index (χ0n) is 17.3. The van der Waals surface area contributed by atoms with Crippen molar-refractivity contribution in [1.29, 1.82) is 0 Å². The average Bonchev–Trinajstić information content (AvgIpc) is 3.11. The van der Waals surface area contributed by atoms with E-state index in [0.717, 1.165) is 30.0 Å². The maximum absolute atomic E-state index is 12.5. The Hall–Kier alpha value is -3.12. The molecule has 0 radical (unpaired) electrons. The van der Waals surface area contributed by atoms with Crippen LogP contribution in [-0.4, -0.2) is 41.1 Å². The summed E-state index contributed by atoms with van der Waals surface area (Å²) in [5.41, 5.74) is 3.34. The molecule has 3 aromatic rings. The lowest BCUT2D eigenvalue weighted by Gasteiger charge is -2.23. The van der Waals surface area contributed by atoms with Crippen LogP contribution >= 0.6 is 0 Å². The van der Waals surface area contributed by atoms with Crippen LogP contribution < -0.4 is 10.6 Å². The molecule has 2 amide bonds. The largest absolute Gasteiger partial charge is 0.334 e. The number of carbonyl (C=O) groups is 1. The molecule has 1 unspecified atom stereocenters. The summed E-state index contributed by atoms with van der Waals surface area (Å²) in [5, 5.41) is 6.07. The zero-order valence-corrected chi connectivity index (χ0v) is 17.3. The predicted molar refractivity (Wildman–Crippen MR) is 116 cm³/mol. The van der Waals surface area contributed by atoms with Gasteiger partial charge in [0, 0.05) is 32.0 Å². The average molecular weight is 392 g/mol. The lowest BCUT2D eigenvalue weighted by molar-refractivity contribution is 0.232. The minimum Gasteiger partial charge on any atom is -0.334 e. The van der Waals surface area contributed by atoms with Crippen LogP contribution in [0.25, 0.3) is 0 Å². The molecule has 29 heavy (non-hydrogen) atoms. The molecule has 0 bridgehead atoms. The third kappa shape index (κ3) is 6.19. The third-order valence-electron chi connectivity index (χ3n) is 4.78. The molecule has 1 aromatic heterocycles. The fourth-order valence-electron chi connectivity index (χ4n) is 3.28. The second-order valence-corrected chi connectivity index (χ2v) is 7.47. The topological polar surface area (TPSA) is 62.2 Å². The van der Waals surface area contributed by atoms with Gasteiger partial charge in [0.2, 0.25) is 0 Å². The quantitative estimate of drug-likeness (QED) is 0.619. The van der Waals surface area contributed by atoms with Crippen molar-refractivity contribution >= 4 is 6.03 Å². The summed E-state index contributed by atoms with van der Waals surface area (Å²) >= 11 is 0. The van der Waals surface area contributed by atoms with E-state index in [1.807, 2.05) is 75.9 Å². The number of nitrogens with one attached hydrogen (secondary N) is 2. The van der Waals surface area contributed by atoms with Gasteiger partial charge in [-0.1, -0.05) is 54.6 Å². The highest BCUT2D eigenvalue weighted by molar-refractivity contribution is 5.74. The summed E-state index contributed by atoms with van der Waals surface area (Å²) in [6.07, 6.45) is 3.78. The van der Waals surface area contributed by atoms with Crippen LogP contribution in [0.1, 0.15) is 28.6 Å². The smallest absolute Gasteiger partial charge is 0.315 e. The van der Waals surface area contributed by atoms with Crippen molar-refractivity contribution in [2.75, 3.05) is 20.6 Å². The normalized spacial score (nSPS) is 12.0. The Morgan fingerprint density at radius 1 is 1.10 bits per heavy atom. The summed E-state index contributed by atoms with van der Waals surface area (Å²) < 4.78 is 2.10. The Labute approximate surface area is 172 Å². The Morgan fingerprint density at radius 3 is 2.55 bits per heavy atom. The van der Waals surface area contributed by atoms with Crippen LogP contribution in [-0.2, 0) is 13.1 Å². The summed E-state index contributed by atoms with van der Waals surface area (Å²) in [6.45, 7) is 3.97. The van der Waals surface area contributed by atoms with Crippen molar-refractivity contribution in [2.24, 2.45) is 0 Å². The van der Waals surface area contributed by atoms with Gasteiger partial charge in [-0.15, -0.1) is 0 Å². The Balaban J connectivity index is 1.58. The molecule has 1 atom stereocenters. The first-order valence-corrected chi connectivity index (χ1v) is 9.81. The van der Waals surface area contributed by atoms with Gasteiger partial charge in [0.15, 0.2) is 0 Å². The number of imidazole rings is 1. The molecular formula is C23H29N5O. The van der Waals surface area contributed by atoms with Gasteiger partial charge < -0.3 is 20.1 Å². The van der Waals surface area contributed by atoms with E-state index in [0.29, 0.717) is 6.54 Å². The monoisotopic (exact) mass is 391 g/mol. The number of carbonyl (C=O) groups excluding carboxylic acids is 1. The van der Waals surface area contributed by atoms with E-state index in [1.165, 1.54) is 5.56 Å². The second kappa shape index (κ2) is 9.89. The molecule has 0 spiro atoms. The van der Waals surface area contributed by atoms with E-state index in [9.17, 15) is 4.79 Å². The first-order valence-electron chi connectivity index (χ1n) is 9.81. The lowest BCUT2D eigenvalue weighted by atomic mass is 10.1. The van der Waals surface area contributed by atoms with E-state index < -0.39 is 0 Å². The summed E-state index contributed by atoms with van der Waals surface area (Å²) in [4.78, 5) is 18.8. The lowest BCUT2D eigenvalue weighted by Crippen LogP contribution is -2.41. The number of urea groups is 1. The minimum absolute atomic E-state index is 0.0678. The van der Waals surface area contributed by atoms with E-state index in [2.05, 4.69) is 37.2 Å². The number of hydrogen-bond acceptors (Lipinski definition) is 3. The van der Waals surface area contributed by atoms with Crippen LogP contribution in [0.2, 0.25) is 0 Å². The number of aryl methyl sites for hydroxylation is 1. The molecular weight excluding hydrogens is 362 g/mol. The molecule has 3 rings (SSSR count). The van der Waals surface area contributed by atoms with Gasteiger partial charge in [-0.2, -0.15) is 0 Å². The fraction of sp³-hybridized carbons (Fsp3) is 0.304. The predicted octanol–water partition coefficient (Wildman–Crippen LogP) is 3.34. The SMILES string of the molecule is Cc1nccn1Cc1cccc(CNC(=O)NC(CN(C)C)c2ccccc2)c1. The van der Waals surface area contributed by atoms with E-state index in [-0.39, 0.29) is 12.1 Å². The van der Waals surface area contributed by atoms with E-state index in [1.54, 1.807) is 0 Å². The zero-order chi connectivity index (χ0) is 20.6. The number of nitrogens with zero attached hydrogens (tertiary/aromatic N) is 3. The van der Waals surface area contributed by atoms with Crippen LogP contribution in [0.4, 0.5) is 4.79 Å². The van der Waals surface area contributed by atoms with E-state index in [4.69, 9.17) is 0 Å². The molecule has 0 aliphatic heterocycles. The molecule has 0 aliphatic carbocycles. The molecule has 6 nitrogen and oxygen atoms in total. The Bertz CT molecular complexity index is 920. The number of benzene rings is 2. The summed E-state index contributed by atoms with van der Waals surface area (Å²) in [7, 11) is 4.01. The van der Waals surface area contributed by atoms with Gasteiger partial charge >= 0.3 is 6.03 Å². The van der Waals surface area contributed by atoms with Crippen LogP contribution in [0.15, 0.2) is 67.0 Å². The second-order valence-electron chi connectivity index (χ2n) is 7.47. The van der Waals surface area contributed by atoms with Crippen molar-refractivity contribution in [1.82, 2.24) is 25.1 Å². The summed E-state index contributed by atoms with van der Waals surface area (Å²) in [6, 6.07) is 18.1. The molecule has 0 saturated carbocycles. The van der Waals surface area contributed by atoms with Crippen molar-refractivity contribution in [3.8, 4) is 0 Å². The number of aromatic nitrogens is 2. The van der Waals surface area contributed by atoms with Crippen molar-refractivity contribution in [3.05, 3.63) is 89.5 Å². The fourth-order valence-corrected chi connectivity index (χ4v) is 3.28. The van der Waals surface area contributed by atoms with Crippen LogP contribution in [0, 0.1) is 6.92 Å². The number of amides is 2. The van der Waals surface area contributed by atoms with Gasteiger partial charge in [0.05, 0.1) is 6.04 Å². The highest BCUT2D eigenvalue weighted by atomic mass is 16.2. The van der Waals surface area contributed by atoms with Crippen LogP contribution in [0.3, 0.4) is 0 Å². The van der Waals surface area contributed by atoms with Crippen molar-refractivity contribution in [3.63, 3.8) is 0 Å². The van der Waals surface area contributed by atoms with Gasteiger partial charge in [-0.05, 0) is 37.7 Å². The van der Waals surface area contributed by atoms with Crippen molar-refractivity contribution < 1.29 is 4.79 Å². The maximum Gasteiger partial charge on any atom is 0.315 e. The first-order chi connectivity index (χ1) is 14.0. The number of hydrogen-bond donors (Lipinski definition) is 2. The molecule has 152 valence electrons. The summed E-state index contributed by atoms with van der Waals surface area (Å²) in [5.74, 6) is 0.987. The highest BCUT2D eigenvalue weighted by Gasteiger charge is 2.15. The van der Waals surface area contributed by atoms with E-state index >= 15 is 0 Å². The van der Waals surface area contributed by atoms with Crippen molar-refractivity contribution in [2.45, 2.75) is 26.1 Å². The van der Waals surface area contributed by atoms with Gasteiger partial charge in [-0.3, -0.25) is 0 Å². The molecule has 1 heterocycles. The number of likely N-dealkylation sites (N-methyl/N-ethyl adjacent to an activating group) is 1. The standard InChI is InChI=1S/C23H29N5O/c1-18-24-12-13-28(18)16-20-9-7-8-19(14-20)15-25-23(29)26-22(17-27(2)3)21-10-5-4-6-11-21/h4-14,22H,15-17H2,1-3H3,(H2,25,26,29). The first kappa shape index (κ1) is 20.6.